The minimum Gasteiger partial charge on any atom is -0.384 e. The molecular weight excluding hydrogens is 314 g/mol. The zero-order chi connectivity index (χ0) is 17.9. The van der Waals surface area contributed by atoms with Crippen LogP contribution in [-0.2, 0) is 0 Å². The summed E-state index contributed by atoms with van der Waals surface area (Å²) in [5, 5.41) is 2.99. The van der Waals surface area contributed by atoms with Gasteiger partial charge in [0.25, 0.3) is 5.91 Å². The van der Waals surface area contributed by atoms with E-state index < -0.39 is 0 Å². The van der Waals surface area contributed by atoms with Gasteiger partial charge < -0.3 is 21.7 Å². The van der Waals surface area contributed by atoms with Crippen LogP contribution in [0.2, 0.25) is 0 Å². The van der Waals surface area contributed by atoms with Crippen molar-refractivity contribution in [1.82, 2.24) is 10.2 Å². The van der Waals surface area contributed by atoms with E-state index >= 15 is 0 Å². The summed E-state index contributed by atoms with van der Waals surface area (Å²) >= 11 is 0. The molecule has 1 aliphatic rings. The molecule has 138 valence electrons. The van der Waals surface area contributed by atoms with Crippen molar-refractivity contribution in [3.05, 3.63) is 35.4 Å². The Bertz CT molecular complexity index is 549. The number of aliphatic imine (C=N–C) groups is 1. The van der Waals surface area contributed by atoms with Crippen LogP contribution in [0.5, 0.6) is 0 Å². The fourth-order valence-electron chi connectivity index (χ4n) is 2.96. The Morgan fingerprint density at radius 1 is 1.08 bits per heavy atom. The third kappa shape index (κ3) is 6.84. The van der Waals surface area contributed by atoms with E-state index in [2.05, 4.69) is 15.2 Å². The molecule has 0 aromatic heterocycles. The van der Waals surface area contributed by atoms with Gasteiger partial charge in [0.1, 0.15) is 5.84 Å². The highest BCUT2D eigenvalue weighted by Crippen LogP contribution is 2.08. The number of hydrogen-bond donors (Lipinski definition) is 3. The number of amides is 1. The molecule has 0 bridgehead atoms. The third-order valence-corrected chi connectivity index (χ3v) is 4.47. The average Bonchev–Trinajstić information content (AvgIpc) is 2.66. The highest BCUT2D eigenvalue weighted by Gasteiger charge is 2.10. The van der Waals surface area contributed by atoms with E-state index in [9.17, 15) is 4.79 Å². The molecule has 1 heterocycles. The van der Waals surface area contributed by atoms with Crippen molar-refractivity contribution >= 4 is 11.7 Å². The molecule has 5 N–H and O–H groups in total. The Kier molecular flexibility index (Phi) is 8.42. The van der Waals surface area contributed by atoms with E-state index in [4.69, 9.17) is 11.5 Å². The van der Waals surface area contributed by atoms with Crippen molar-refractivity contribution in [1.29, 1.82) is 0 Å². The van der Waals surface area contributed by atoms with Crippen molar-refractivity contribution < 1.29 is 4.79 Å². The smallest absolute Gasteiger partial charge is 0.251 e. The maximum atomic E-state index is 12.2. The van der Waals surface area contributed by atoms with Crippen molar-refractivity contribution in [2.45, 2.75) is 32.1 Å². The first-order chi connectivity index (χ1) is 12.2. The molecule has 1 fully saturated rings. The van der Waals surface area contributed by atoms with Gasteiger partial charge in [0, 0.05) is 24.2 Å². The quantitative estimate of drug-likeness (QED) is 0.357. The first kappa shape index (κ1) is 19.4. The maximum Gasteiger partial charge on any atom is 0.251 e. The minimum atomic E-state index is -0.0381. The van der Waals surface area contributed by atoms with Crippen LogP contribution in [0.25, 0.3) is 0 Å². The monoisotopic (exact) mass is 345 g/mol. The number of piperidine rings is 1. The molecule has 1 aromatic rings. The molecule has 1 aromatic carbocycles. The SMILES string of the molecule is NCCCN=C(N)c1ccc(C(=O)NCCCN2CCCCC2)cc1. The number of nitrogens with zero attached hydrogens (tertiary/aromatic N) is 2. The van der Waals surface area contributed by atoms with Crippen LogP contribution in [0.3, 0.4) is 0 Å². The summed E-state index contributed by atoms with van der Waals surface area (Å²) in [5.74, 6) is 0.450. The Balaban J connectivity index is 1.73. The molecule has 6 heteroatoms. The van der Waals surface area contributed by atoms with Crippen molar-refractivity contribution in [2.75, 3.05) is 39.3 Å². The Hall–Kier alpha value is -1.92. The van der Waals surface area contributed by atoms with Gasteiger partial charge in [0.15, 0.2) is 0 Å². The van der Waals surface area contributed by atoms with Crippen molar-refractivity contribution in [3.8, 4) is 0 Å². The lowest BCUT2D eigenvalue weighted by atomic mass is 10.1. The summed E-state index contributed by atoms with van der Waals surface area (Å²) in [4.78, 5) is 18.9. The summed E-state index contributed by atoms with van der Waals surface area (Å²) in [6.45, 7) is 5.40. The molecule has 2 rings (SSSR count). The van der Waals surface area contributed by atoms with Gasteiger partial charge in [-0.25, -0.2) is 0 Å². The first-order valence-corrected chi connectivity index (χ1v) is 9.31. The van der Waals surface area contributed by atoms with Gasteiger partial charge in [-0.3, -0.25) is 9.79 Å². The molecule has 0 radical (unpaired) electrons. The molecule has 1 aliphatic heterocycles. The number of rotatable bonds is 9. The Morgan fingerprint density at radius 2 is 1.76 bits per heavy atom. The van der Waals surface area contributed by atoms with E-state index in [-0.39, 0.29) is 5.91 Å². The molecule has 1 saturated heterocycles. The van der Waals surface area contributed by atoms with Crippen LogP contribution in [0.4, 0.5) is 0 Å². The summed E-state index contributed by atoms with van der Waals surface area (Å²) in [5.41, 5.74) is 12.9. The lowest BCUT2D eigenvalue weighted by Crippen LogP contribution is -2.33. The van der Waals surface area contributed by atoms with Crippen molar-refractivity contribution in [2.24, 2.45) is 16.5 Å². The number of nitrogens with one attached hydrogen (secondary N) is 1. The van der Waals surface area contributed by atoms with Crippen LogP contribution in [0, 0.1) is 0 Å². The predicted octanol–water partition coefficient (Wildman–Crippen LogP) is 1.35. The number of benzene rings is 1. The molecule has 6 nitrogen and oxygen atoms in total. The van der Waals surface area contributed by atoms with E-state index in [1.807, 2.05) is 12.1 Å². The van der Waals surface area contributed by atoms with Crippen LogP contribution >= 0.6 is 0 Å². The molecule has 1 amide bonds. The second-order valence-corrected chi connectivity index (χ2v) is 6.50. The highest BCUT2D eigenvalue weighted by atomic mass is 16.1. The van der Waals surface area contributed by atoms with Crippen LogP contribution < -0.4 is 16.8 Å². The van der Waals surface area contributed by atoms with Gasteiger partial charge in [0.2, 0.25) is 0 Å². The largest absolute Gasteiger partial charge is 0.384 e. The van der Waals surface area contributed by atoms with Crippen LogP contribution in [0.15, 0.2) is 29.3 Å². The van der Waals surface area contributed by atoms with E-state index in [1.165, 1.54) is 32.4 Å². The number of hydrogen-bond acceptors (Lipinski definition) is 4. The van der Waals surface area contributed by atoms with Gasteiger partial charge in [-0.15, -0.1) is 0 Å². The standard InChI is InChI=1S/C19H31N5O/c20-10-4-11-22-18(21)16-6-8-17(9-7-16)19(25)23-12-5-15-24-13-2-1-3-14-24/h6-9H,1-5,10-15,20H2,(H2,21,22)(H,23,25). The molecule has 0 saturated carbocycles. The van der Waals surface area contributed by atoms with Gasteiger partial charge in [-0.1, -0.05) is 18.6 Å². The maximum absolute atomic E-state index is 12.2. The Morgan fingerprint density at radius 3 is 2.44 bits per heavy atom. The number of likely N-dealkylation sites (tertiary alicyclic amines) is 1. The molecule has 25 heavy (non-hydrogen) atoms. The third-order valence-electron chi connectivity index (χ3n) is 4.47. The molecule has 0 atom stereocenters. The minimum absolute atomic E-state index is 0.0381. The molecule has 0 spiro atoms. The Labute approximate surface area is 150 Å². The molecular formula is C19H31N5O. The van der Waals surface area contributed by atoms with Crippen LogP contribution in [0.1, 0.15) is 48.0 Å². The second-order valence-electron chi connectivity index (χ2n) is 6.50. The van der Waals surface area contributed by atoms with Gasteiger partial charge in [-0.2, -0.15) is 0 Å². The van der Waals surface area contributed by atoms with Gasteiger partial charge in [-0.05, 0) is 64.0 Å². The zero-order valence-corrected chi connectivity index (χ0v) is 15.0. The summed E-state index contributed by atoms with van der Waals surface area (Å²) < 4.78 is 0. The lowest BCUT2D eigenvalue weighted by molar-refractivity contribution is 0.0951. The summed E-state index contributed by atoms with van der Waals surface area (Å²) in [7, 11) is 0. The number of carbonyl (C=O) groups is 1. The molecule has 0 unspecified atom stereocenters. The highest BCUT2D eigenvalue weighted by molar-refractivity contribution is 5.99. The second kappa shape index (κ2) is 10.8. The van der Waals surface area contributed by atoms with Crippen molar-refractivity contribution in [3.63, 3.8) is 0 Å². The van der Waals surface area contributed by atoms with E-state index in [0.717, 1.165) is 24.9 Å². The normalized spacial score (nSPS) is 16.0. The van der Waals surface area contributed by atoms with E-state index in [1.54, 1.807) is 12.1 Å². The predicted molar refractivity (Wildman–Crippen MR) is 103 cm³/mol. The fourth-order valence-corrected chi connectivity index (χ4v) is 2.96. The van der Waals surface area contributed by atoms with Gasteiger partial charge in [0.05, 0.1) is 0 Å². The summed E-state index contributed by atoms with van der Waals surface area (Å²) in [6.07, 6.45) is 5.77. The van der Waals surface area contributed by atoms with E-state index in [0.29, 0.717) is 31.0 Å². The number of carbonyl (C=O) groups excluding carboxylic acids is 1. The van der Waals surface area contributed by atoms with Gasteiger partial charge >= 0.3 is 0 Å². The zero-order valence-electron chi connectivity index (χ0n) is 15.0. The lowest BCUT2D eigenvalue weighted by Gasteiger charge is -2.26. The topological polar surface area (TPSA) is 96.7 Å². The molecule has 0 aliphatic carbocycles. The number of nitrogens with two attached hydrogens (primary N) is 2. The van der Waals surface area contributed by atoms with Crippen LogP contribution in [-0.4, -0.2) is 55.9 Å². The average molecular weight is 345 g/mol. The fraction of sp³-hybridized carbons (Fsp3) is 0.579. The first-order valence-electron chi connectivity index (χ1n) is 9.31. The number of amidine groups is 1. The summed E-state index contributed by atoms with van der Waals surface area (Å²) in [6, 6.07) is 7.26.